The number of carbonyl (C=O) groups excluding carboxylic acids is 1. The molecule has 21 heavy (non-hydrogen) atoms. The summed E-state index contributed by atoms with van der Waals surface area (Å²) >= 11 is 0. The summed E-state index contributed by atoms with van der Waals surface area (Å²) in [6, 6.07) is 4.77. The second kappa shape index (κ2) is 6.89. The van der Waals surface area contributed by atoms with Gasteiger partial charge in [0.25, 0.3) is 5.91 Å². The van der Waals surface area contributed by atoms with E-state index in [-0.39, 0.29) is 17.2 Å². The van der Waals surface area contributed by atoms with Crippen molar-refractivity contribution in [2.45, 2.75) is 45.9 Å². The van der Waals surface area contributed by atoms with Gasteiger partial charge in [-0.2, -0.15) is 0 Å². The Balaban J connectivity index is 2.92. The topological polar surface area (TPSA) is 41.6 Å². The third-order valence-corrected chi connectivity index (χ3v) is 2.94. The molecule has 0 aliphatic rings. The fourth-order valence-electron chi connectivity index (χ4n) is 1.78. The van der Waals surface area contributed by atoms with E-state index in [0.717, 1.165) is 0 Å². The lowest BCUT2D eigenvalue weighted by Crippen LogP contribution is -2.37. The van der Waals surface area contributed by atoms with Crippen molar-refractivity contribution in [3.05, 3.63) is 29.6 Å². The highest BCUT2D eigenvalue weighted by atomic mass is 19.1. The molecule has 0 saturated carbocycles. The number of para-hydroxylation sites is 1. The lowest BCUT2D eigenvalue weighted by molar-refractivity contribution is -0.135. The van der Waals surface area contributed by atoms with Crippen molar-refractivity contribution < 1.29 is 13.9 Å². The van der Waals surface area contributed by atoms with E-state index in [1.807, 2.05) is 20.8 Å². The van der Waals surface area contributed by atoms with Crippen LogP contribution in [-0.4, -0.2) is 36.5 Å². The summed E-state index contributed by atoms with van der Waals surface area (Å²) in [4.78, 5) is 13.3. The van der Waals surface area contributed by atoms with Crippen LogP contribution < -0.4 is 10.1 Å². The fourth-order valence-corrected chi connectivity index (χ4v) is 1.78. The first-order valence-corrected chi connectivity index (χ1v) is 7.02. The molecular formula is C16H25FN2O2. The zero-order valence-corrected chi connectivity index (χ0v) is 13.7. The molecule has 0 spiro atoms. The maximum Gasteiger partial charge on any atom is 0.262 e. The molecule has 5 heteroatoms. The summed E-state index contributed by atoms with van der Waals surface area (Å²) in [5.41, 5.74) is 0.609. The Labute approximate surface area is 126 Å². The van der Waals surface area contributed by atoms with Gasteiger partial charge in [-0.1, -0.05) is 12.1 Å². The molecule has 1 aromatic carbocycles. The van der Waals surface area contributed by atoms with Crippen molar-refractivity contribution >= 4 is 5.91 Å². The molecule has 0 aromatic heterocycles. The van der Waals surface area contributed by atoms with Crippen LogP contribution in [0.25, 0.3) is 0 Å². The van der Waals surface area contributed by atoms with Crippen molar-refractivity contribution in [3.63, 3.8) is 0 Å². The van der Waals surface area contributed by atoms with Crippen molar-refractivity contribution in [2.75, 3.05) is 14.1 Å². The molecule has 1 unspecified atom stereocenters. The molecule has 0 saturated heterocycles. The van der Waals surface area contributed by atoms with E-state index in [4.69, 9.17) is 4.74 Å². The van der Waals surface area contributed by atoms with Gasteiger partial charge in [0, 0.05) is 31.7 Å². The number of ether oxygens (including phenoxy) is 1. The third-order valence-electron chi connectivity index (χ3n) is 2.94. The summed E-state index contributed by atoms with van der Waals surface area (Å²) in [6.45, 7) is 8.19. The maximum atomic E-state index is 14.0. The van der Waals surface area contributed by atoms with E-state index in [1.165, 1.54) is 11.0 Å². The first-order chi connectivity index (χ1) is 9.61. The van der Waals surface area contributed by atoms with Crippen LogP contribution in [0.4, 0.5) is 4.39 Å². The maximum absolute atomic E-state index is 14.0. The number of carbonyl (C=O) groups is 1. The Hall–Kier alpha value is -1.62. The van der Waals surface area contributed by atoms with Gasteiger partial charge in [0.1, 0.15) is 0 Å². The average molecular weight is 296 g/mol. The van der Waals surface area contributed by atoms with Gasteiger partial charge < -0.3 is 15.0 Å². The van der Waals surface area contributed by atoms with Crippen molar-refractivity contribution in [1.82, 2.24) is 10.2 Å². The highest BCUT2D eigenvalue weighted by molar-refractivity contribution is 5.80. The number of nitrogens with zero attached hydrogens (tertiary/aromatic N) is 1. The molecule has 1 atom stereocenters. The molecule has 0 radical (unpaired) electrons. The van der Waals surface area contributed by atoms with Crippen LogP contribution in [0.2, 0.25) is 0 Å². The van der Waals surface area contributed by atoms with Crippen LogP contribution in [0.5, 0.6) is 5.75 Å². The van der Waals surface area contributed by atoms with Crippen molar-refractivity contribution in [1.29, 1.82) is 0 Å². The summed E-state index contributed by atoms with van der Waals surface area (Å²) in [5, 5.41) is 3.29. The standard InChI is InChI=1S/C16H25FN2O2/c1-11(15(20)19(5)6)21-14-12(8-7-9-13(14)17)10-18-16(2,3)4/h7-9,11,18H,10H2,1-6H3. The minimum absolute atomic E-state index is 0.0886. The number of amides is 1. The Bertz CT molecular complexity index is 496. The Morgan fingerprint density at radius 1 is 1.38 bits per heavy atom. The minimum atomic E-state index is -0.731. The van der Waals surface area contributed by atoms with Crippen molar-refractivity contribution in [2.24, 2.45) is 0 Å². The quantitative estimate of drug-likeness (QED) is 0.908. The van der Waals surface area contributed by atoms with E-state index in [1.54, 1.807) is 33.2 Å². The predicted octanol–water partition coefficient (Wildman–Crippen LogP) is 2.57. The molecule has 1 N–H and O–H groups in total. The number of rotatable bonds is 5. The van der Waals surface area contributed by atoms with Crippen LogP contribution in [0.3, 0.4) is 0 Å². The van der Waals surface area contributed by atoms with Crippen LogP contribution in [0, 0.1) is 5.82 Å². The fraction of sp³-hybridized carbons (Fsp3) is 0.562. The number of benzene rings is 1. The molecule has 4 nitrogen and oxygen atoms in total. The second-order valence-electron chi connectivity index (χ2n) is 6.32. The van der Waals surface area contributed by atoms with E-state index in [2.05, 4.69) is 5.32 Å². The Morgan fingerprint density at radius 2 is 2.00 bits per heavy atom. The highest BCUT2D eigenvalue weighted by Crippen LogP contribution is 2.24. The minimum Gasteiger partial charge on any atom is -0.477 e. The molecule has 118 valence electrons. The van der Waals surface area contributed by atoms with Gasteiger partial charge in [-0.15, -0.1) is 0 Å². The van der Waals surface area contributed by atoms with Gasteiger partial charge in [0.05, 0.1) is 0 Å². The Morgan fingerprint density at radius 3 is 2.52 bits per heavy atom. The predicted molar refractivity (Wildman–Crippen MR) is 81.8 cm³/mol. The number of hydrogen-bond donors (Lipinski definition) is 1. The van der Waals surface area contributed by atoms with Gasteiger partial charge in [-0.25, -0.2) is 4.39 Å². The molecule has 0 heterocycles. The second-order valence-corrected chi connectivity index (χ2v) is 6.32. The van der Waals surface area contributed by atoms with E-state index in [0.29, 0.717) is 12.1 Å². The summed E-state index contributed by atoms with van der Waals surface area (Å²) < 4.78 is 19.6. The SMILES string of the molecule is CC(Oc1c(F)cccc1CNC(C)(C)C)C(=O)N(C)C. The van der Waals surface area contributed by atoms with Gasteiger partial charge in [0.2, 0.25) is 0 Å². The lowest BCUT2D eigenvalue weighted by atomic mass is 10.1. The number of nitrogens with one attached hydrogen (secondary N) is 1. The number of halogens is 1. The summed E-state index contributed by atoms with van der Waals surface area (Å²) in [7, 11) is 3.29. The van der Waals surface area contributed by atoms with Gasteiger partial charge in [-0.3, -0.25) is 4.79 Å². The zero-order chi connectivity index (χ0) is 16.2. The Kier molecular flexibility index (Phi) is 5.72. The zero-order valence-electron chi connectivity index (χ0n) is 13.7. The molecule has 1 aromatic rings. The molecule has 0 aliphatic heterocycles. The van der Waals surface area contributed by atoms with Crippen molar-refractivity contribution in [3.8, 4) is 5.75 Å². The van der Waals surface area contributed by atoms with Crippen LogP contribution in [0.15, 0.2) is 18.2 Å². The van der Waals surface area contributed by atoms with Crippen LogP contribution >= 0.6 is 0 Å². The van der Waals surface area contributed by atoms with Gasteiger partial charge in [-0.05, 0) is 33.8 Å². The molecular weight excluding hydrogens is 271 g/mol. The number of hydrogen-bond acceptors (Lipinski definition) is 3. The van der Waals surface area contributed by atoms with E-state index < -0.39 is 11.9 Å². The molecule has 0 bridgehead atoms. The summed E-state index contributed by atoms with van der Waals surface area (Å²) in [6.07, 6.45) is -0.731. The molecule has 0 aliphatic carbocycles. The van der Waals surface area contributed by atoms with E-state index >= 15 is 0 Å². The highest BCUT2D eigenvalue weighted by Gasteiger charge is 2.21. The monoisotopic (exact) mass is 296 g/mol. The largest absolute Gasteiger partial charge is 0.477 e. The number of likely N-dealkylation sites (N-methyl/N-ethyl adjacent to an activating group) is 1. The molecule has 0 fully saturated rings. The molecule has 1 rings (SSSR count). The van der Waals surface area contributed by atoms with E-state index in [9.17, 15) is 9.18 Å². The van der Waals surface area contributed by atoms with Crippen LogP contribution in [0.1, 0.15) is 33.3 Å². The molecule has 1 amide bonds. The van der Waals surface area contributed by atoms with Crippen LogP contribution in [-0.2, 0) is 11.3 Å². The first-order valence-electron chi connectivity index (χ1n) is 7.02. The first kappa shape index (κ1) is 17.4. The third kappa shape index (κ3) is 5.34. The smallest absolute Gasteiger partial charge is 0.262 e. The van der Waals surface area contributed by atoms with Gasteiger partial charge in [0.15, 0.2) is 17.7 Å². The average Bonchev–Trinajstić information content (AvgIpc) is 2.37. The summed E-state index contributed by atoms with van der Waals surface area (Å²) in [5.74, 6) is -0.522. The normalized spacial score (nSPS) is 12.9. The lowest BCUT2D eigenvalue weighted by Gasteiger charge is -2.23. The van der Waals surface area contributed by atoms with Gasteiger partial charge >= 0.3 is 0 Å².